The van der Waals surface area contributed by atoms with E-state index in [-0.39, 0.29) is 6.61 Å². The van der Waals surface area contributed by atoms with E-state index in [4.69, 9.17) is 13.9 Å². The summed E-state index contributed by atoms with van der Waals surface area (Å²) in [7, 11) is 0. The van der Waals surface area contributed by atoms with Gasteiger partial charge in [0.15, 0.2) is 6.10 Å². The lowest BCUT2D eigenvalue weighted by atomic mass is 10.2. The van der Waals surface area contributed by atoms with Gasteiger partial charge in [-0.05, 0) is 36.4 Å². The second-order valence-electron chi connectivity index (χ2n) is 5.24. The molecule has 0 aliphatic heterocycles. The molecule has 25 heavy (non-hydrogen) atoms. The third-order valence-electron chi connectivity index (χ3n) is 3.49. The van der Waals surface area contributed by atoms with Crippen molar-refractivity contribution in [3.8, 4) is 0 Å². The van der Waals surface area contributed by atoms with Gasteiger partial charge in [0.2, 0.25) is 0 Å². The van der Waals surface area contributed by atoms with Gasteiger partial charge in [0.05, 0.1) is 17.4 Å². The van der Waals surface area contributed by atoms with E-state index in [1.165, 1.54) is 6.26 Å². The second-order valence-corrected chi connectivity index (χ2v) is 5.24. The Bertz CT molecular complexity index is 810. The maximum Gasteiger partial charge on any atom is 0.338 e. The van der Waals surface area contributed by atoms with Gasteiger partial charge < -0.3 is 13.9 Å². The molecule has 0 spiro atoms. The summed E-state index contributed by atoms with van der Waals surface area (Å²) in [6.45, 7) is -0.139. The zero-order chi connectivity index (χ0) is 17.5. The molecule has 0 fully saturated rings. The van der Waals surface area contributed by atoms with Crippen LogP contribution in [0.15, 0.2) is 83.5 Å². The summed E-state index contributed by atoms with van der Waals surface area (Å²) in [4.78, 5) is 24.3. The van der Waals surface area contributed by atoms with Gasteiger partial charge in [0, 0.05) is 0 Å². The molecule has 5 nitrogen and oxygen atoms in total. The number of furan rings is 1. The number of hydrogen-bond donors (Lipinski definition) is 0. The third kappa shape index (κ3) is 4.35. The smallest absolute Gasteiger partial charge is 0.338 e. The number of esters is 2. The maximum absolute atomic E-state index is 12.3. The van der Waals surface area contributed by atoms with Crippen molar-refractivity contribution in [1.29, 1.82) is 0 Å². The molecular formula is C20H16O5. The molecule has 5 heteroatoms. The predicted molar refractivity (Wildman–Crippen MR) is 90.0 cm³/mol. The van der Waals surface area contributed by atoms with Crippen LogP contribution in [0.1, 0.15) is 32.6 Å². The van der Waals surface area contributed by atoms with Crippen molar-refractivity contribution >= 4 is 11.9 Å². The molecule has 0 aliphatic rings. The zero-order valence-corrected chi connectivity index (χ0v) is 13.3. The molecule has 0 amide bonds. The van der Waals surface area contributed by atoms with Crippen LogP contribution in [0.3, 0.4) is 0 Å². The lowest BCUT2D eigenvalue weighted by molar-refractivity contribution is -0.00719. The second kappa shape index (κ2) is 7.97. The van der Waals surface area contributed by atoms with Gasteiger partial charge in [-0.2, -0.15) is 0 Å². The Kier molecular flexibility index (Phi) is 5.26. The zero-order valence-electron chi connectivity index (χ0n) is 13.3. The van der Waals surface area contributed by atoms with E-state index in [1.54, 1.807) is 60.7 Å². The van der Waals surface area contributed by atoms with Crippen LogP contribution in [0.25, 0.3) is 0 Å². The van der Waals surface area contributed by atoms with Crippen molar-refractivity contribution < 1.29 is 23.5 Å². The van der Waals surface area contributed by atoms with Crippen molar-refractivity contribution in [1.82, 2.24) is 0 Å². The monoisotopic (exact) mass is 336 g/mol. The van der Waals surface area contributed by atoms with E-state index in [2.05, 4.69) is 0 Å². The van der Waals surface area contributed by atoms with Crippen molar-refractivity contribution in [2.75, 3.05) is 6.61 Å². The molecule has 1 aromatic heterocycles. The van der Waals surface area contributed by atoms with E-state index >= 15 is 0 Å². The summed E-state index contributed by atoms with van der Waals surface area (Å²) in [5.74, 6) is -0.601. The molecular weight excluding hydrogens is 320 g/mol. The highest BCUT2D eigenvalue weighted by molar-refractivity contribution is 5.90. The Morgan fingerprint density at radius 2 is 1.40 bits per heavy atom. The molecule has 3 aromatic rings. The SMILES string of the molecule is O=C(OC[C@@H](OC(=O)c1ccccc1)c1ccco1)c1ccccc1. The lowest BCUT2D eigenvalue weighted by Crippen LogP contribution is -2.18. The lowest BCUT2D eigenvalue weighted by Gasteiger charge is -2.16. The summed E-state index contributed by atoms with van der Waals surface area (Å²) < 4.78 is 16.0. The Hall–Kier alpha value is -3.34. The minimum atomic E-state index is -0.824. The number of ether oxygens (including phenoxy) is 2. The topological polar surface area (TPSA) is 65.7 Å². The van der Waals surface area contributed by atoms with Gasteiger partial charge in [0.25, 0.3) is 0 Å². The fraction of sp³-hybridized carbons (Fsp3) is 0.100. The number of rotatable bonds is 6. The van der Waals surface area contributed by atoms with Gasteiger partial charge in [-0.25, -0.2) is 9.59 Å². The minimum absolute atomic E-state index is 0.139. The van der Waals surface area contributed by atoms with E-state index < -0.39 is 18.0 Å². The molecule has 2 aromatic carbocycles. The van der Waals surface area contributed by atoms with E-state index in [0.29, 0.717) is 16.9 Å². The summed E-state index contributed by atoms with van der Waals surface area (Å²) in [6, 6.07) is 20.5. The van der Waals surface area contributed by atoms with Crippen LogP contribution >= 0.6 is 0 Å². The van der Waals surface area contributed by atoms with E-state index in [9.17, 15) is 9.59 Å². The van der Waals surface area contributed by atoms with Gasteiger partial charge in [-0.15, -0.1) is 0 Å². The first-order valence-corrected chi connectivity index (χ1v) is 7.75. The fourth-order valence-electron chi connectivity index (χ4n) is 2.23. The number of carbonyl (C=O) groups is 2. The molecule has 0 saturated carbocycles. The molecule has 0 radical (unpaired) electrons. The van der Waals surface area contributed by atoms with Crippen molar-refractivity contribution in [3.05, 3.63) is 95.9 Å². The van der Waals surface area contributed by atoms with Crippen molar-refractivity contribution in [2.24, 2.45) is 0 Å². The molecule has 1 atom stereocenters. The minimum Gasteiger partial charge on any atom is -0.465 e. The Labute approximate surface area is 144 Å². The normalized spacial score (nSPS) is 11.5. The first kappa shape index (κ1) is 16.5. The average Bonchev–Trinajstić information content (AvgIpc) is 3.20. The molecule has 0 N–H and O–H groups in total. The van der Waals surface area contributed by atoms with Crippen LogP contribution in [0, 0.1) is 0 Å². The molecule has 3 rings (SSSR count). The Morgan fingerprint density at radius 3 is 1.96 bits per heavy atom. The van der Waals surface area contributed by atoms with Crippen LogP contribution in [-0.4, -0.2) is 18.5 Å². The highest BCUT2D eigenvalue weighted by Crippen LogP contribution is 2.21. The Balaban J connectivity index is 1.68. The first-order valence-electron chi connectivity index (χ1n) is 7.75. The summed E-state index contributed by atoms with van der Waals surface area (Å²) >= 11 is 0. The average molecular weight is 336 g/mol. The van der Waals surface area contributed by atoms with Gasteiger partial charge in [-0.1, -0.05) is 36.4 Å². The van der Waals surface area contributed by atoms with Gasteiger partial charge in [-0.3, -0.25) is 0 Å². The molecule has 0 unspecified atom stereocenters. The summed E-state index contributed by atoms with van der Waals surface area (Å²) in [5, 5.41) is 0. The largest absolute Gasteiger partial charge is 0.465 e. The van der Waals surface area contributed by atoms with Crippen LogP contribution < -0.4 is 0 Å². The van der Waals surface area contributed by atoms with Crippen molar-refractivity contribution in [3.63, 3.8) is 0 Å². The molecule has 126 valence electrons. The van der Waals surface area contributed by atoms with Gasteiger partial charge >= 0.3 is 11.9 Å². The van der Waals surface area contributed by atoms with Crippen LogP contribution in [-0.2, 0) is 9.47 Å². The van der Waals surface area contributed by atoms with Crippen LogP contribution in [0.5, 0.6) is 0 Å². The van der Waals surface area contributed by atoms with Gasteiger partial charge in [0.1, 0.15) is 12.4 Å². The molecule has 0 bridgehead atoms. The van der Waals surface area contributed by atoms with E-state index in [0.717, 1.165) is 0 Å². The van der Waals surface area contributed by atoms with Crippen LogP contribution in [0.2, 0.25) is 0 Å². The Morgan fingerprint density at radius 1 is 0.800 bits per heavy atom. The summed E-state index contributed by atoms with van der Waals surface area (Å²) in [6.07, 6.45) is 0.646. The number of hydrogen-bond acceptors (Lipinski definition) is 5. The predicted octanol–water partition coefficient (Wildman–Crippen LogP) is 4.03. The highest BCUT2D eigenvalue weighted by Gasteiger charge is 2.22. The number of benzene rings is 2. The molecule has 1 heterocycles. The maximum atomic E-state index is 12.3. The highest BCUT2D eigenvalue weighted by atomic mass is 16.6. The van der Waals surface area contributed by atoms with Crippen molar-refractivity contribution in [2.45, 2.75) is 6.10 Å². The van der Waals surface area contributed by atoms with Crippen LogP contribution in [0.4, 0.5) is 0 Å². The quantitative estimate of drug-likeness (QED) is 0.636. The molecule has 0 saturated heterocycles. The first-order chi connectivity index (χ1) is 12.2. The summed E-state index contributed by atoms with van der Waals surface area (Å²) in [5.41, 5.74) is 0.837. The number of carbonyl (C=O) groups excluding carboxylic acids is 2. The van der Waals surface area contributed by atoms with E-state index in [1.807, 2.05) is 12.1 Å². The molecule has 0 aliphatic carbocycles. The fourth-order valence-corrected chi connectivity index (χ4v) is 2.23. The standard InChI is InChI=1S/C20H16O5/c21-19(15-8-3-1-4-9-15)24-14-18(17-12-7-13-23-17)25-20(22)16-10-5-2-6-11-16/h1-13,18H,14H2/t18-/m1/s1. The third-order valence-corrected chi connectivity index (χ3v) is 3.49.